The topological polar surface area (TPSA) is 78.1 Å². The second-order valence-corrected chi connectivity index (χ2v) is 10.6. The molecule has 6 nitrogen and oxygen atoms in total. The highest BCUT2D eigenvalue weighted by Crippen LogP contribution is 2.33. The molecule has 1 amide bonds. The lowest BCUT2D eigenvalue weighted by atomic mass is 9.97. The van der Waals surface area contributed by atoms with E-state index < -0.39 is 0 Å². The molecule has 2 aliphatic rings. The lowest BCUT2D eigenvalue weighted by Crippen LogP contribution is -2.44. The molecule has 0 saturated carbocycles. The number of hydrogen-bond donors (Lipinski definition) is 2. The zero-order valence-corrected chi connectivity index (χ0v) is 19.4. The van der Waals surface area contributed by atoms with E-state index in [1.54, 1.807) is 23.1 Å². The van der Waals surface area contributed by atoms with Gasteiger partial charge in [0.25, 0.3) is 5.56 Å². The fourth-order valence-electron chi connectivity index (χ4n) is 4.53. The van der Waals surface area contributed by atoms with Gasteiger partial charge < -0.3 is 15.2 Å². The number of aromatic amines is 1. The standard InChI is InChI=1S/C22H32N4O2S2/c1-2-10-26-11-7-15(8-12-26)23-19(27)9-13-29-14-18-24-21(28)20-16-5-3-4-6-17(16)30-22(20)25-18/h15H,2-14H2,1H3,(H,23,27)(H,24,25,28). The molecular weight excluding hydrogens is 416 g/mol. The maximum Gasteiger partial charge on any atom is 0.259 e. The number of fused-ring (bicyclic) bond motifs is 3. The highest BCUT2D eigenvalue weighted by molar-refractivity contribution is 7.98. The number of amides is 1. The van der Waals surface area contributed by atoms with Crippen LogP contribution in [0, 0.1) is 0 Å². The zero-order valence-electron chi connectivity index (χ0n) is 17.8. The lowest BCUT2D eigenvalue weighted by Gasteiger charge is -2.32. The Morgan fingerprint density at radius 2 is 2.10 bits per heavy atom. The summed E-state index contributed by atoms with van der Waals surface area (Å²) in [5.41, 5.74) is 1.23. The number of carbonyl (C=O) groups is 1. The van der Waals surface area contributed by atoms with E-state index in [4.69, 9.17) is 4.98 Å². The summed E-state index contributed by atoms with van der Waals surface area (Å²) in [5, 5.41) is 4.00. The number of nitrogens with zero attached hydrogens (tertiary/aromatic N) is 2. The third-order valence-corrected chi connectivity index (χ3v) is 8.23. The molecular formula is C22H32N4O2S2. The number of nitrogens with one attached hydrogen (secondary N) is 2. The van der Waals surface area contributed by atoms with E-state index in [-0.39, 0.29) is 11.5 Å². The molecule has 30 heavy (non-hydrogen) atoms. The average molecular weight is 449 g/mol. The number of carbonyl (C=O) groups excluding carboxylic acids is 1. The molecule has 2 aromatic heterocycles. The Balaban J connectivity index is 1.22. The lowest BCUT2D eigenvalue weighted by molar-refractivity contribution is -0.121. The van der Waals surface area contributed by atoms with Gasteiger partial charge in [-0.1, -0.05) is 6.92 Å². The van der Waals surface area contributed by atoms with Crippen LogP contribution >= 0.6 is 23.1 Å². The Hall–Kier alpha value is -1.38. The Labute approximate surface area is 186 Å². The number of rotatable bonds is 8. The highest BCUT2D eigenvalue weighted by atomic mass is 32.2. The SMILES string of the molecule is CCCN1CCC(NC(=O)CCSCc2nc3sc4c(c3c(=O)[nH]2)CCCC4)CC1. The van der Waals surface area contributed by atoms with Gasteiger partial charge in [0.1, 0.15) is 10.7 Å². The molecule has 2 N–H and O–H groups in total. The average Bonchev–Trinajstić information content (AvgIpc) is 3.12. The Morgan fingerprint density at radius 3 is 2.90 bits per heavy atom. The Morgan fingerprint density at radius 1 is 1.30 bits per heavy atom. The van der Waals surface area contributed by atoms with Crippen LogP contribution in [0.5, 0.6) is 0 Å². The minimum Gasteiger partial charge on any atom is -0.353 e. The predicted octanol–water partition coefficient (Wildman–Crippen LogP) is 3.48. The number of H-pyrrole nitrogens is 1. The van der Waals surface area contributed by atoms with Crippen molar-refractivity contribution in [2.45, 2.75) is 70.1 Å². The van der Waals surface area contributed by atoms with Crippen LogP contribution in [0.3, 0.4) is 0 Å². The number of thiophene rings is 1. The summed E-state index contributed by atoms with van der Waals surface area (Å²) >= 11 is 3.35. The maximum absolute atomic E-state index is 12.6. The highest BCUT2D eigenvalue weighted by Gasteiger charge is 2.21. The van der Waals surface area contributed by atoms with Gasteiger partial charge in [-0.25, -0.2) is 4.98 Å². The van der Waals surface area contributed by atoms with Crippen molar-refractivity contribution in [2.24, 2.45) is 0 Å². The van der Waals surface area contributed by atoms with Crippen LogP contribution in [0.25, 0.3) is 10.2 Å². The second-order valence-electron chi connectivity index (χ2n) is 8.39. The van der Waals surface area contributed by atoms with E-state index in [1.165, 1.54) is 23.3 Å². The maximum atomic E-state index is 12.6. The van der Waals surface area contributed by atoms with E-state index in [1.807, 2.05) is 0 Å². The van der Waals surface area contributed by atoms with Crippen molar-refractivity contribution in [3.63, 3.8) is 0 Å². The van der Waals surface area contributed by atoms with Crippen LogP contribution in [0.4, 0.5) is 0 Å². The van der Waals surface area contributed by atoms with Crippen molar-refractivity contribution in [3.8, 4) is 0 Å². The van der Waals surface area contributed by atoms with Gasteiger partial charge in [0.05, 0.1) is 11.1 Å². The Kier molecular flexibility index (Phi) is 7.49. The Bertz CT molecular complexity index is 931. The molecule has 164 valence electrons. The summed E-state index contributed by atoms with van der Waals surface area (Å²) in [6.45, 7) is 5.54. The van der Waals surface area contributed by atoms with Gasteiger partial charge in [0.2, 0.25) is 5.91 Å². The fraction of sp³-hybridized carbons (Fsp3) is 0.682. The molecule has 0 bridgehead atoms. The van der Waals surface area contributed by atoms with Crippen LogP contribution in [0.15, 0.2) is 4.79 Å². The first-order valence-electron chi connectivity index (χ1n) is 11.3. The van der Waals surface area contributed by atoms with Crippen molar-refractivity contribution < 1.29 is 4.79 Å². The van der Waals surface area contributed by atoms with Gasteiger partial charge >= 0.3 is 0 Å². The molecule has 0 atom stereocenters. The molecule has 1 aliphatic heterocycles. The van der Waals surface area contributed by atoms with Crippen LogP contribution in [-0.4, -0.2) is 52.2 Å². The molecule has 4 rings (SSSR count). The normalized spacial score (nSPS) is 17.9. The van der Waals surface area contributed by atoms with E-state index in [2.05, 4.69) is 22.1 Å². The van der Waals surface area contributed by atoms with Gasteiger partial charge in [0, 0.05) is 36.2 Å². The van der Waals surface area contributed by atoms with Crippen molar-refractivity contribution in [1.82, 2.24) is 20.2 Å². The first kappa shape index (κ1) is 21.8. The molecule has 0 spiro atoms. The number of likely N-dealkylation sites (tertiary alicyclic amines) is 1. The van der Waals surface area contributed by atoms with Crippen molar-refractivity contribution in [1.29, 1.82) is 0 Å². The van der Waals surface area contributed by atoms with E-state index in [0.717, 1.165) is 73.5 Å². The van der Waals surface area contributed by atoms with Gasteiger partial charge in [-0.15, -0.1) is 11.3 Å². The van der Waals surface area contributed by atoms with E-state index >= 15 is 0 Å². The number of thioether (sulfide) groups is 1. The number of aryl methyl sites for hydroxylation is 2. The van der Waals surface area contributed by atoms with E-state index in [9.17, 15) is 9.59 Å². The molecule has 1 aliphatic carbocycles. The summed E-state index contributed by atoms with van der Waals surface area (Å²) in [6, 6.07) is 0.320. The summed E-state index contributed by atoms with van der Waals surface area (Å²) in [4.78, 5) is 37.2. The summed E-state index contributed by atoms with van der Waals surface area (Å²) in [7, 11) is 0. The predicted molar refractivity (Wildman–Crippen MR) is 126 cm³/mol. The van der Waals surface area contributed by atoms with Gasteiger partial charge in [-0.3, -0.25) is 9.59 Å². The molecule has 1 saturated heterocycles. The van der Waals surface area contributed by atoms with Crippen molar-refractivity contribution >= 4 is 39.2 Å². The van der Waals surface area contributed by atoms with E-state index in [0.29, 0.717) is 18.2 Å². The van der Waals surface area contributed by atoms with Crippen LogP contribution < -0.4 is 10.9 Å². The second kappa shape index (κ2) is 10.3. The third kappa shape index (κ3) is 5.26. The van der Waals surface area contributed by atoms with Crippen molar-refractivity contribution in [3.05, 3.63) is 26.6 Å². The minimum absolute atomic E-state index is 0.00200. The summed E-state index contributed by atoms with van der Waals surface area (Å²) in [5.74, 6) is 2.23. The smallest absolute Gasteiger partial charge is 0.259 e. The zero-order chi connectivity index (χ0) is 20.9. The monoisotopic (exact) mass is 448 g/mol. The molecule has 0 radical (unpaired) electrons. The molecule has 2 aromatic rings. The third-order valence-electron chi connectivity index (χ3n) is 6.08. The summed E-state index contributed by atoms with van der Waals surface area (Å²) in [6.07, 6.45) is 8.25. The number of hydrogen-bond acceptors (Lipinski definition) is 6. The quantitative estimate of drug-likeness (QED) is 0.605. The van der Waals surface area contributed by atoms with Crippen LogP contribution in [0.1, 0.15) is 61.7 Å². The fourth-order valence-corrected chi connectivity index (χ4v) is 6.61. The molecule has 3 heterocycles. The number of piperidine rings is 1. The number of aromatic nitrogens is 2. The first-order valence-corrected chi connectivity index (χ1v) is 13.2. The van der Waals surface area contributed by atoms with Gasteiger partial charge in [-0.05, 0) is 57.1 Å². The molecule has 0 unspecified atom stereocenters. The van der Waals surface area contributed by atoms with Crippen LogP contribution in [-0.2, 0) is 23.4 Å². The molecule has 1 fully saturated rings. The van der Waals surface area contributed by atoms with Crippen LogP contribution in [0.2, 0.25) is 0 Å². The largest absolute Gasteiger partial charge is 0.353 e. The van der Waals surface area contributed by atoms with Gasteiger partial charge in [0.15, 0.2) is 0 Å². The van der Waals surface area contributed by atoms with Crippen molar-refractivity contribution in [2.75, 3.05) is 25.4 Å². The van der Waals surface area contributed by atoms with Gasteiger partial charge in [-0.2, -0.15) is 11.8 Å². The summed E-state index contributed by atoms with van der Waals surface area (Å²) < 4.78 is 0. The minimum atomic E-state index is 0.00200. The molecule has 8 heteroatoms. The molecule has 0 aromatic carbocycles. The first-order chi connectivity index (χ1) is 14.6.